The smallest absolute Gasteiger partial charge is 0.156 e. The summed E-state index contributed by atoms with van der Waals surface area (Å²) in [4.78, 5) is 16.3. The predicted molar refractivity (Wildman–Crippen MR) is 77.1 cm³/mol. The van der Waals surface area contributed by atoms with E-state index in [0.29, 0.717) is 18.5 Å². The van der Waals surface area contributed by atoms with E-state index in [1.807, 2.05) is 25.1 Å². The highest BCUT2D eigenvalue weighted by atomic mass is 16.1. The molecular weight excluding hydrogens is 248 g/mol. The standard InChI is InChI=1S/C17H16N2O/c1-13-5-4-6-14(11-13)8-9-17(20)15(12-18)16-7-2-3-10-19-16/h2-7,10-11,15H,8-9H2,1H3. The maximum Gasteiger partial charge on any atom is 0.156 e. The lowest BCUT2D eigenvalue weighted by Gasteiger charge is -2.07. The van der Waals surface area contributed by atoms with E-state index >= 15 is 0 Å². The molecule has 3 heteroatoms. The molecule has 0 amide bonds. The van der Waals surface area contributed by atoms with Crippen LogP contribution in [0.25, 0.3) is 0 Å². The quantitative estimate of drug-likeness (QED) is 0.833. The highest BCUT2D eigenvalue weighted by molar-refractivity contribution is 5.88. The third-order valence-electron chi connectivity index (χ3n) is 3.18. The second-order valence-corrected chi connectivity index (χ2v) is 4.77. The van der Waals surface area contributed by atoms with Crippen LogP contribution in [-0.2, 0) is 11.2 Å². The molecule has 2 aromatic rings. The normalized spacial score (nSPS) is 11.6. The van der Waals surface area contributed by atoms with Gasteiger partial charge in [-0.1, -0.05) is 35.9 Å². The Kier molecular flexibility index (Phi) is 4.62. The molecule has 20 heavy (non-hydrogen) atoms. The van der Waals surface area contributed by atoms with Gasteiger partial charge >= 0.3 is 0 Å². The van der Waals surface area contributed by atoms with Gasteiger partial charge < -0.3 is 0 Å². The zero-order valence-electron chi connectivity index (χ0n) is 11.4. The highest BCUT2D eigenvalue weighted by Gasteiger charge is 2.20. The van der Waals surface area contributed by atoms with Crippen molar-refractivity contribution in [2.24, 2.45) is 0 Å². The number of carbonyl (C=O) groups excluding carboxylic acids is 1. The van der Waals surface area contributed by atoms with E-state index in [0.717, 1.165) is 5.56 Å². The van der Waals surface area contributed by atoms with E-state index in [1.54, 1.807) is 24.4 Å². The van der Waals surface area contributed by atoms with Gasteiger partial charge in [0.05, 0.1) is 11.8 Å². The number of hydrogen-bond acceptors (Lipinski definition) is 3. The third kappa shape index (κ3) is 3.52. The Labute approximate surface area is 118 Å². The number of benzene rings is 1. The van der Waals surface area contributed by atoms with Crippen molar-refractivity contribution in [3.05, 3.63) is 65.5 Å². The number of rotatable bonds is 5. The molecule has 1 atom stereocenters. The fourth-order valence-corrected chi connectivity index (χ4v) is 2.13. The Hall–Kier alpha value is -2.47. The fraction of sp³-hybridized carbons (Fsp3) is 0.235. The molecule has 0 fully saturated rings. The Morgan fingerprint density at radius 1 is 1.30 bits per heavy atom. The molecule has 0 spiro atoms. The maximum atomic E-state index is 12.2. The first-order chi connectivity index (χ1) is 9.70. The molecule has 3 nitrogen and oxygen atoms in total. The molecule has 1 unspecified atom stereocenters. The Balaban J connectivity index is 2.02. The van der Waals surface area contributed by atoms with Crippen molar-refractivity contribution in [3.63, 3.8) is 0 Å². The first-order valence-corrected chi connectivity index (χ1v) is 6.59. The van der Waals surface area contributed by atoms with Crippen molar-refractivity contribution >= 4 is 5.78 Å². The van der Waals surface area contributed by atoms with Gasteiger partial charge in [-0.25, -0.2) is 0 Å². The SMILES string of the molecule is Cc1cccc(CCC(=O)C(C#N)c2ccccn2)c1. The monoisotopic (exact) mass is 264 g/mol. The number of nitriles is 1. The van der Waals surface area contributed by atoms with Crippen molar-refractivity contribution in [2.45, 2.75) is 25.7 Å². The molecule has 1 aromatic carbocycles. The average molecular weight is 264 g/mol. The molecule has 1 heterocycles. The van der Waals surface area contributed by atoms with Crippen LogP contribution in [-0.4, -0.2) is 10.8 Å². The predicted octanol–water partition coefficient (Wildman–Crippen LogP) is 3.20. The summed E-state index contributed by atoms with van der Waals surface area (Å²) in [5.41, 5.74) is 2.83. The van der Waals surface area contributed by atoms with E-state index in [-0.39, 0.29) is 5.78 Å². The summed E-state index contributed by atoms with van der Waals surface area (Å²) in [7, 11) is 0. The molecule has 2 rings (SSSR count). The van der Waals surface area contributed by atoms with Crippen molar-refractivity contribution < 1.29 is 4.79 Å². The van der Waals surface area contributed by atoms with Gasteiger partial charge in [-0.05, 0) is 31.0 Å². The number of nitrogens with zero attached hydrogens (tertiary/aromatic N) is 2. The van der Waals surface area contributed by atoms with Crippen LogP contribution < -0.4 is 0 Å². The average Bonchev–Trinajstić information content (AvgIpc) is 2.47. The molecule has 0 radical (unpaired) electrons. The molecule has 0 saturated carbocycles. The number of carbonyl (C=O) groups is 1. The molecule has 0 aliphatic heterocycles. The summed E-state index contributed by atoms with van der Waals surface area (Å²) in [6.45, 7) is 2.03. The van der Waals surface area contributed by atoms with Crippen LogP contribution in [0.3, 0.4) is 0 Å². The van der Waals surface area contributed by atoms with Crippen molar-refractivity contribution in [1.82, 2.24) is 4.98 Å². The third-order valence-corrected chi connectivity index (χ3v) is 3.18. The van der Waals surface area contributed by atoms with Crippen molar-refractivity contribution in [2.75, 3.05) is 0 Å². The summed E-state index contributed by atoms with van der Waals surface area (Å²) in [6, 6.07) is 15.4. The van der Waals surface area contributed by atoms with Gasteiger partial charge in [-0.2, -0.15) is 5.26 Å². The number of ketones is 1. The van der Waals surface area contributed by atoms with E-state index in [4.69, 9.17) is 0 Å². The van der Waals surface area contributed by atoms with E-state index in [9.17, 15) is 10.1 Å². The number of hydrogen-bond donors (Lipinski definition) is 0. The minimum absolute atomic E-state index is 0.0762. The van der Waals surface area contributed by atoms with Gasteiger partial charge in [0.1, 0.15) is 5.92 Å². The first-order valence-electron chi connectivity index (χ1n) is 6.59. The van der Waals surface area contributed by atoms with E-state index < -0.39 is 5.92 Å². The van der Waals surface area contributed by atoms with Crippen LogP contribution in [0.5, 0.6) is 0 Å². The van der Waals surface area contributed by atoms with E-state index in [2.05, 4.69) is 17.1 Å². The van der Waals surface area contributed by atoms with E-state index in [1.165, 1.54) is 5.56 Å². The molecule has 0 bridgehead atoms. The van der Waals surface area contributed by atoms with Crippen LogP contribution in [0, 0.1) is 18.3 Å². The molecule has 0 N–H and O–H groups in total. The van der Waals surface area contributed by atoms with Gasteiger partial charge in [-0.15, -0.1) is 0 Å². The Bertz CT molecular complexity index is 629. The number of aromatic nitrogens is 1. The Morgan fingerprint density at radius 3 is 2.80 bits per heavy atom. The second kappa shape index (κ2) is 6.63. The second-order valence-electron chi connectivity index (χ2n) is 4.77. The number of pyridine rings is 1. The fourth-order valence-electron chi connectivity index (χ4n) is 2.13. The van der Waals surface area contributed by atoms with Crippen molar-refractivity contribution in [1.29, 1.82) is 5.26 Å². The lowest BCUT2D eigenvalue weighted by atomic mass is 9.95. The molecule has 0 aliphatic carbocycles. The van der Waals surface area contributed by atoms with Crippen LogP contribution in [0.1, 0.15) is 29.2 Å². The molecule has 1 aromatic heterocycles. The van der Waals surface area contributed by atoms with Gasteiger partial charge in [0, 0.05) is 12.6 Å². The Morgan fingerprint density at radius 2 is 2.15 bits per heavy atom. The topological polar surface area (TPSA) is 53.8 Å². The first kappa shape index (κ1) is 14.0. The molecular formula is C17H16N2O. The van der Waals surface area contributed by atoms with Gasteiger partial charge in [-0.3, -0.25) is 9.78 Å². The summed E-state index contributed by atoms with van der Waals surface area (Å²) in [6.07, 6.45) is 2.62. The van der Waals surface area contributed by atoms with Crippen LogP contribution in [0.15, 0.2) is 48.7 Å². The van der Waals surface area contributed by atoms with Gasteiger partial charge in [0.2, 0.25) is 0 Å². The largest absolute Gasteiger partial charge is 0.298 e. The summed E-state index contributed by atoms with van der Waals surface area (Å²) >= 11 is 0. The minimum Gasteiger partial charge on any atom is -0.298 e. The number of Topliss-reactive ketones (excluding diaryl/α,β-unsaturated/α-hetero) is 1. The lowest BCUT2D eigenvalue weighted by Crippen LogP contribution is -2.13. The summed E-state index contributed by atoms with van der Waals surface area (Å²) in [5.74, 6) is -0.839. The maximum absolute atomic E-state index is 12.2. The minimum atomic E-state index is -0.763. The molecule has 100 valence electrons. The molecule has 0 saturated heterocycles. The zero-order chi connectivity index (χ0) is 14.4. The van der Waals surface area contributed by atoms with Crippen LogP contribution in [0.2, 0.25) is 0 Å². The zero-order valence-corrected chi connectivity index (χ0v) is 11.4. The van der Waals surface area contributed by atoms with Crippen LogP contribution >= 0.6 is 0 Å². The van der Waals surface area contributed by atoms with Crippen LogP contribution in [0.4, 0.5) is 0 Å². The molecule has 0 aliphatic rings. The summed E-state index contributed by atoms with van der Waals surface area (Å²) < 4.78 is 0. The highest BCUT2D eigenvalue weighted by Crippen LogP contribution is 2.16. The van der Waals surface area contributed by atoms with Crippen molar-refractivity contribution in [3.8, 4) is 6.07 Å². The van der Waals surface area contributed by atoms with Gasteiger partial charge in [0.15, 0.2) is 5.78 Å². The summed E-state index contributed by atoms with van der Waals surface area (Å²) in [5, 5.41) is 9.18. The number of aryl methyl sites for hydroxylation is 2. The van der Waals surface area contributed by atoms with Gasteiger partial charge in [0.25, 0.3) is 0 Å². The lowest BCUT2D eigenvalue weighted by molar-refractivity contribution is -0.119.